The van der Waals surface area contributed by atoms with Gasteiger partial charge in [0.1, 0.15) is 4.90 Å². The van der Waals surface area contributed by atoms with Gasteiger partial charge >= 0.3 is 24.2 Å². The zero-order valence-electron chi connectivity index (χ0n) is 12.1. The van der Waals surface area contributed by atoms with E-state index in [0.717, 1.165) is 12.1 Å². The Labute approximate surface area is 145 Å². The van der Waals surface area contributed by atoms with Crippen molar-refractivity contribution in [3.8, 4) is 0 Å². The van der Waals surface area contributed by atoms with Crippen molar-refractivity contribution in [1.82, 2.24) is 3.71 Å². The summed E-state index contributed by atoms with van der Waals surface area (Å²) in [7, 11) is -4.68. The molecule has 146 valence electrons. The number of amides is 1. The zero-order valence-corrected chi connectivity index (χ0v) is 13.7. The minimum Gasteiger partial charge on any atom is -0.267 e. The smallest absolute Gasteiger partial charge is 0.267 e. The topological polar surface area (TPSA) is 54.5 Å². The molecule has 0 aliphatic carbocycles. The Hall–Kier alpha value is -1.57. The van der Waals surface area contributed by atoms with Crippen LogP contribution in [-0.2, 0) is 10.0 Å². The second-order valence-corrected chi connectivity index (χ2v) is 7.91. The summed E-state index contributed by atoms with van der Waals surface area (Å²) in [4.78, 5) is 11.3. The molecule has 14 heteroatoms. The Kier molecular flexibility index (Phi) is 4.98. The molecular weight excluding hydrogens is 422 g/mol. The highest BCUT2D eigenvalue weighted by molar-refractivity contribution is 8.09. The molecular formula is C12H7F8NO3S2. The minimum atomic E-state index is -6.49. The summed E-state index contributed by atoms with van der Waals surface area (Å²) in [6, 6.07) is 4.41. The van der Waals surface area contributed by atoms with Crippen LogP contribution in [0.25, 0.3) is 0 Å². The van der Waals surface area contributed by atoms with Gasteiger partial charge in [0.25, 0.3) is 15.9 Å². The van der Waals surface area contributed by atoms with Gasteiger partial charge in [0, 0.05) is 0 Å². The molecule has 1 aliphatic rings. The van der Waals surface area contributed by atoms with Crippen LogP contribution in [0.15, 0.2) is 29.2 Å². The number of halogens is 8. The van der Waals surface area contributed by atoms with E-state index in [9.17, 15) is 48.3 Å². The number of benzene rings is 1. The summed E-state index contributed by atoms with van der Waals surface area (Å²) in [6.45, 7) is 0. The van der Waals surface area contributed by atoms with Crippen molar-refractivity contribution in [2.24, 2.45) is 0 Å². The molecule has 26 heavy (non-hydrogen) atoms. The van der Waals surface area contributed by atoms with Crippen LogP contribution in [0.2, 0.25) is 0 Å². The molecule has 0 atom stereocenters. The number of rotatable bonds is 6. The van der Waals surface area contributed by atoms with Gasteiger partial charge in [-0.25, -0.2) is 17.2 Å². The van der Waals surface area contributed by atoms with E-state index < -0.39 is 68.3 Å². The van der Waals surface area contributed by atoms with Crippen molar-refractivity contribution in [2.75, 3.05) is 5.75 Å². The normalized spacial score (nSPS) is 17.7. The van der Waals surface area contributed by atoms with E-state index in [0.29, 0.717) is 0 Å². The van der Waals surface area contributed by atoms with Crippen LogP contribution in [0.1, 0.15) is 10.4 Å². The molecule has 4 nitrogen and oxygen atoms in total. The summed E-state index contributed by atoms with van der Waals surface area (Å²) in [5, 5.41) is 0. The lowest BCUT2D eigenvalue weighted by atomic mass is 10.1. The molecule has 1 aliphatic heterocycles. The molecule has 0 fully saturated rings. The summed E-state index contributed by atoms with van der Waals surface area (Å²) in [5.41, 5.74) is -0.437. The Bertz CT molecular complexity index is 828. The molecule has 0 saturated carbocycles. The molecule has 0 bridgehead atoms. The Morgan fingerprint density at radius 1 is 1.04 bits per heavy atom. The number of nitrogens with zero attached hydrogens (tertiary/aromatic N) is 1. The van der Waals surface area contributed by atoms with Crippen LogP contribution >= 0.6 is 11.9 Å². The van der Waals surface area contributed by atoms with Gasteiger partial charge in [-0.1, -0.05) is 12.1 Å². The summed E-state index contributed by atoms with van der Waals surface area (Å²) in [5.74, 6) is -22.3. The molecule has 0 N–H and O–H groups in total. The van der Waals surface area contributed by atoms with Crippen molar-refractivity contribution in [3.63, 3.8) is 0 Å². The fraction of sp³-hybridized carbons (Fsp3) is 0.417. The Morgan fingerprint density at radius 3 is 2.08 bits per heavy atom. The number of alkyl halides is 8. The fourth-order valence-electron chi connectivity index (χ4n) is 1.90. The maximum atomic E-state index is 13.5. The molecule has 0 unspecified atom stereocenters. The third-order valence-electron chi connectivity index (χ3n) is 3.29. The number of carbonyl (C=O) groups excluding carboxylic acids is 1. The highest BCUT2D eigenvalue weighted by Gasteiger charge is 2.75. The second-order valence-electron chi connectivity index (χ2n) is 5.01. The summed E-state index contributed by atoms with van der Waals surface area (Å²) < 4.78 is 127. The monoisotopic (exact) mass is 429 g/mol. The SMILES string of the molecule is O=C1c2ccccc2S(=O)(=O)N1SCC(F)(F)C(F)(F)C(F)(F)C(F)F. The third-order valence-corrected chi connectivity index (χ3v) is 6.61. The van der Waals surface area contributed by atoms with Gasteiger partial charge in [0.2, 0.25) is 0 Å². The Balaban J connectivity index is 2.27. The zero-order chi connectivity index (χ0) is 20.1. The van der Waals surface area contributed by atoms with Crippen molar-refractivity contribution in [1.29, 1.82) is 0 Å². The van der Waals surface area contributed by atoms with Crippen molar-refractivity contribution < 1.29 is 48.3 Å². The number of hydrogen-bond acceptors (Lipinski definition) is 4. The predicted octanol–water partition coefficient (Wildman–Crippen LogP) is 3.65. The van der Waals surface area contributed by atoms with Gasteiger partial charge in [-0.15, -0.1) is 0 Å². The Morgan fingerprint density at radius 2 is 1.58 bits per heavy atom. The molecule has 1 aromatic carbocycles. The largest absolute Gasteiger partial charge is 0.378 e. The quantitative estimate of drug-likeness (QED) is 0.512. The molecule has 1 amide bonds. The maximum Gasteiger partial charge on any atom is 0.378 e. The number of fused-ring (bicyclic) bond motifs is 1. The first-order valence-corrected chi connectivity index (χ1v) is 8.79. The average molecular weight is 429 g/mol. The van der Waals surface area contributed by atoms with Crippen LogP contribution in [0.5, 0.6) is 0 Å². The number of hydrogen-bond donors (Lipinski definition) is 0. The van der Waals surface area contributed by atoms with Gasteiger partial charge < -0.3 is 0 Å². The van der Waals surface area contributed by atoms with E-state index in [2.05, 4.69) is 0 Å². The molecule has 0 spiro atoms. The van der Waals surface area contributed by atoms with Crippen LogP contribution < -0.4 is 0 Å². The van der Waals surface area contributed by atoms with Crippen LogP contribution in [0, 0.1) is 0 Å². The van der Waals surface area contributed by atoms with Gasteiger partial charge in [0.15, 0.2) is 0 Å². The van der Waals surface area contributed by atoms with Gasteiger partial charge in [-0.3, -0.25) is 4.79 Å². The standard InChI is InChI=1S/C12H7F8NO3S2/c13-9(14)11(17,18)12(19,20)10(15,16)5-25-21-8(22)6-3-1-2-4-7(6)26(21,23)24/h1-4,9H,5H2. The molecule has 1 aromatic rings. The predicted molar refractivity (Wildman–Crippen MR) is 73.1 cm³/mol. The van der Waals surface area contributed by atoms with Crippen molar-refractivity contribution in [2.45, 2.75) is 29.1 Å². The van der Waals surface area contributed by atoms with Gasteiger partial charge in [-0.2, -0.15) is 30.1 Å². The van der Waals surface area contributed by atoms with E-state index >= 15 is 0 Å². The van der Waals surface area contributed by atoms with Gasteiger partial charge in [0.05, 0.1) is 11.3 Å². The molecule has 2 rings (SSSR count). The number of sulfonamides is 1. The molecule has 0 radical (unpaired) electrons. The van der Waals surface area contributed by atoms with E-state index in [4.69, 9.17) is 0 Å². The van der Waals surface area contributed by atoms with Crippen LogP contribution in [0.4, 0.5) is 35.1 Å². The first kappa shape index (κ1) is 20.7. The van der Waals surface area contributed by atoms with Crippen molar-refractivity contribution >= 4 is 27.9 Å². The van der Waals surface area contributed by atoms with E-state index in [1.54, 1.807) is 0 Å². The fourth-order valence-corrected chi connectivity index (χ4v) is 4.71. The van der Waals surface area contributed by atoms with Crippen LogP contribution in [0.3, 0.4) is 0 Å². The van der Waals surface area contributed by atoms with E-state index in [1.165, 1.54) is 12.1 Å². The molecule has 1 heterocycles. The van der Waals surface area contributed by atoms with Crippen LogP contribution in [-0.4, -0.2) is 48.0 Å². The molecule has 0 aromatic heterocycles. The highest BCUT2D eigenvalue weighted by Crippen LogP contribution is 2.50. The minimum absolute atomic E-state index is 0.276. The number of carbonyl (C=O) groups is 1. The maximum absolute atomic E-state index is 13.5. The van der Waals surface area contributed by atoms with Crippen molar-refractivity contribution in [3.05, 3.63) is 29.8 Å². The lowest BCUT2D eigenvalue weighted by molar-refractivity contribution is -0.331. The van der Waals surface area contributed by atoms with E-state index in [1.807, 2.05) is 0 Å². The summed E-state index contributed by atoms with van der Waals surface area (Å²) >= 11 is -0.695. The van der Waals surface area contributed by atoms with Gasteiger partial charge in [-0.05, 0) is 24.1 Å². The van der Waals surface area contributed by atoms with E-state index in [-0.39, 0.29) is 3.71 Å². The summed E-state index contributed by atoms with van der Waals surface area (Å²) in [6.07, 6.45) is -5.09. The first-order chi connectivity index (χ1) is 11.7. The second kappa shape index (κ2) is 6.25. The molecule has 0 saturated heterocycles. The first-order valence-electron chi connectivity index (χ1n) is 6.41. The average Bonchev–Trinajstić information content (AvgIpc) is 2.72. The lowest BCUT2D eigenvalue weighted by Crippen LogP contribution is -2.58. The third kappa shape index (κ3) is 2.92. The lowest BCUT2D eigenvalue weighted by Gasteiger charge is -2.32. The highest BCUT2D eigenvalue weighted by atomic mass is 32.3.